The summed E-state index contributed by atoms with van der Waals surface area (Å²) in [5.74, 6) is -1.08. The molecule has 0 radical (unpaired) electrons. The number of carbonyl (C=O) groups is 2. The summed E-state index contributed by atoms with van der Waals surface area (Å²) in [7, 11) is 0. The first kappa shape index (κ1) is 19.0. The van der Waals surface area contributed by atoms with E-state index in [1.807, 2.05) is 42.5 Å². The molecule has 1 saturated heterocycles. The molecule has 0 unspecified atom stereocenters. The van der Waals surface area contributed by atoms with Crippen LogP contribution in [0.5, 0.6) is 0 Å². The number of pyridine rings is 1. The molecule has 2 atom stereocenters. The molecule has 2 aromatic rings. The predicted octanol–water partition coefficient (Wildman–Crippen LogP) is 1.92. The van der Waals surface area contributed by atoms with Crippen molar-refractivity contribution in [2.75, 3.05) is 13.1 Å². The van der Waals surface area contributed by atoms with Gasteiger partial charge in [0, 0.05) is 31.9 Å². The van der Waals surface area contributed by atoms with Gasteiger partial charge in [-0.1, -0.05) is 30.3 Å². The standard InChI is InChI=1S/C21H24N2O4/c24-18-15-23(19(25)7-6-16-8-11-22-12-9-16)13-10-21(18,20(26)27)14-17-4-2-1-3-5-17/h1-5,8-9,11-12,18,24H,6-7,10,13-15H2,(H,26,27)/t18-,21-/m1/s1. The Morgan fingerprint density at radius 3 is 2.44 bits per heavy atom. The van der Waals surface area contributed by atoms with Crippen LogP contribution in [-0.4, -0.2) is 51.2 Å². The molecule has 1 amide bonds. The van der Waals surface area contributed by atoms with Gasteiger partial charge in [0.05, 0.1) is 6.10 Å². The van der Waals surface area contributed by atoms with E-state index in [1.165, 1.54) is 0 Å². The van der Waals surface area contributed by atoms with Crippen molar-refractivity contribution in [3.05, 3.63) is 66.0 Å². The van der Waals surface area contributed by atoms with E-state index in [1.54, 1.807) is 17.3 Å². The molecule has 0 saturated carbocycles. The summed E-state index contributed by atoms with van der Waals surface area (Å²) in [6, 6.07) is 13.1. The highest BCUT2D eigenvalue weighted by Gasteiger charge is 2.49. The number of rotatable bonds is 6. The maximum atomic E-state index is 12.5. The van der Waals surface area contributed by atoms with Gasteiger partial charge in [-0.3, -0.25) is 14.6 Å². The minimum atomic E-state index is -1.26. The van der Waals surface area contributed by atoms with Gasteiger partial charge >= 0.3 is 5.97 Å². The van der Waals surface area contributed by atoms with E-state index in [4.69, 9.17) is 0 Å². The lowest BCUT2D eigenvalue weighted by atomic mass is 9.71. The number of aliphatic carboxylic acids is 1. The molecule has 1 aliphatic rings. The second-order valence-electron chi connectivity index (χ2n) is 7.08. The van der Waals surface area contributed by atoms with E-state index in [0.717, 1.165) is 11.1 Å². The van der Waals surface area contributed by atoms with Gasteiger partial charge in [0.1, 0.15) is 5.41 Å². The summed E-state index contributed by atoms with van der Waals surface area (Å²) in [5.41, 5.74) is 0.639. The fourth-order valence-corrected chi connectivity index (χ4v) is 3.65. The van der Waals surface area contributed by atoms with Crippen molar-refractivity contribution in [2.45, 2.75) is 31.8 Å². The van der Waals surface area contributed by atoms with Gasteiger partial charge in [-0.25, -0.2) is 0 Å². The number of hydrogen-bond donors (Lipinski definition) is 2. The lowest BCUT2D eigenvalue weighted by Crippen LogP contribution is -2.57. The van der Waals surface area contributed by atoms with Crippen molar-refractivity contribution < 1.29 is 19.8 Å². The number of amides is 1. The zero-order chi connectivity index (χ0) is 19.3. The van der Waals surface area contributed by atoms with E-state index >= 15 is 0 Å². The fourth-order valence-electron chi connectivity index (χ4n) is 3.65. The molecule has 1 aliphatic heterocycles. The Labute approximate surface area is 158 Å². The molecule has 2 heterocycles. The molecule has 6 heteroatoms. The highest BCUT2D eigenvalue weighted by Crippen LogP contribution is 2.36. The maximum Gasteiger partial charge on any atom is 0.312 e. The zero-order valence-electron chi connectivity index (χ0n) is 15.1. The monoisotopic (exact) mass is 368 g/mol. The number of carboxylic acids is 1. The molecule has 1 aromatic carbocycles. The van der Waals surface area contributed by atoms with Crippen LogP contribution < -0.4 is 0 Å². The first-order valence-electron chi connectivity index (χ1n) is 9.13. The largest absolute Gasteiger partial charge is 0.481 e. The number of carbonyl (C=O) groups excluding carboxylic acids is 1. The lowest BCUT2D eigenvalue weighted by Gasteiger charge is -2.43. The van der Waals surface area contributed by atoms with Crippen LogP contribution in [0.1, 0.15) is 24.0 Å². The van der Waals surface area contributed by atoms with E-state index in [9.17, 15) is 19.8 Å². The summed E-state index contributed by atoms with van der Waals surface area (Å²) in [6.45, 7) is 0.389. The number of aliphatic hydroxyl groups excluding tert-OH is 1. The second-order valence-corrected chi connectivity index (χ2v) is 7.08. The first-order chi connectivity index (χ1) is 13.0. The third-order valence-corrected chi connectivity index (χ3v) is 5.38. The van der Waals surface area contributed by atoms with Crippen molar-refractivity contribution in [1.82, 2.24) is 9.88 Å². The van der Waals surface area contributed by atoms with Crippen LogP contribution in [0, 0.1) is 5.41 Å². The number of carboxylic acid groups (broad SMARTS) is 1. The van der Waals surface area contributed by atoms with Crippen LogP contribution in [0.4, 0.5) is 0 Å². The van der Waals surface area contributed by atoms with Crippen molar-refractivity contribution in [2.24, 2.45) is 5.41 Å². The molecule has 0 spiro atoms. The summed E-state index contributed by atoms with van der Waals surface area (Å²) in [4.78, 5) is 30.1. The lowest BCUT2D eigenvalue weighted by molar-refractivity contribution is -0.166. The third-order valence-electron chi connectivity index (χ3n) is 5.38. The molecule has 0 aliphatic carbocycles. The van der Waals surface area contributed by atoms with Gasteiger partial charge in [0.2, 0.25) is 5.91 Å². The van der Waals surface area contributed by atoms with Gasteiger partial charge in [0.25, 0.3) is 0 Å². The Bertz CT molecular complexity index is 781. The number of nitrogens with zero attached hydrogens (tertiary/aromatic N) is 2. The van der Waals surface area contributed by atoms with Crippen LogP contribution in [0.25, 0.3) is 0 Å². The first-order valence-corrected chi connectivity index (χ1v) is 9.13. The molecule has 0 bridgehead atoms. The highest BCUT2D eigenvalue weighted by molar-refractivity contribution is 5.79. The number of hydrogen-bond acceptors (Lipinski definition) is 4. The fraction of sp³-hybridized carbons (Fsp3) is 0.381. The van der Waals surface area contributed by atoms with E-state index < -0.39 is 17.5 Å². The van der Waals surface area contributed by atoms with Gasteiger partial charge < -0.3 is 15.1 Å². The van der Waals surface area contributed by atoms with Crippen LogP contribution >= 0.6 is 0 Å². The van der Waals surface area contributed by atoms with Gasteiger partial charge in [0.15, 0.2) is 0 Å². The van der Waals surface area contributed by atoms with Gasteiger partial charge in [-0.15, -0.1) is 0 Å². The predicted molar refractivity (Wildman–Crippen MR) is 100.0 cm³/mol. The number of aryl methyl sites for hydroxylation is 1. The molecule has 2 N–H and O–H groups in total. The molecule has 1 fully saturated rings. The smallest absolute Gasteiger partial charge is 0.312 e. The zero-order valence-corrected chi connectivity index (χ0v) is 15.1. The molecule has 27 heavy (non-hydrogen) atoms. The Morgan fingerprint density at radius 1 is 1.11 bits per heavy atom. The number of likely N-dealkylation sites (tertiary alicyclic amines) is 1. The number of piperidine rings is 1. The van der Waals surface area contributed by atoms with Crippen LogP contribution in [0.2, 0.25) is 0 Å². The molecular weight excluding hydrogens is 344 g/mol. The minimum Gasteiger partial charge on any atom is -0.481 e. The van der Waals surface area contributed by atoms with E-state index in [2.05, 4.69) is 4.98 Å². The van der Waals surface area contributed by atoms with E-state index in [-0.39, 0.29) is 25.3 Å². The summed E-state index contributed by atoms with van der Waals surface area (Å²) < 4.78 is 0. The Balaban J connectivity index is 1.64. The average Bonchev–Trinajstić information content (AvgIpc) is 2.69. The Morgan fingerprint density at radius 2 is 1.81 bits per heavy atom. The summed E-state index contributed by atoms with van der Waals surface area (Å²) in [5, 5.41) is 20.5. The van der Waals surface area contributed by atoms with Crippen molar-refractivity contribution in [1.29, 1.82) is 0 Å². The van der Waals surface area contributed by atoms with Gasteiger partial charge in [-0.2, -0.15) is 0 Å². The summed E-state index contributed by atoms with van der Waals surface area (Å²) in [6.07, 6.45) is 3.69. The van der Waals surface area contributed by atoms with Crippen molar-refractivity contribution in [3.63, 3.8) is 0 Å². The number of aromatic nitrogens is 1. The molecule has 1 aromatic heterocycles. The molecule has 6 nitrogen and oxygen atoms in total. The van der Waals surface area contributed by atoms with Crippen LogP contribution in [0.15, 0.2) is 54.9 Å². The van der Waals surface area contributed by atoms with Crippen molar-refractivity contribution >= 4 is 11.9 Å². The highest BCUT2D eigenvalue weighted by atomic mass is 16.4. The van der Waals surface area contributed by atoms with Crippen LogP contribution in [0.3, 0.4) is 0 Å². The summed E-state index contributed by atoms with van der Waals surface area (Å²) >= 11 is 0. The quantitative estimate of drug-likeness (QED) is 0.813. The Hall–Kier alpha value is -2.73. The minimum absolute atomic E-state index is 0.0499. The molecule has 3 rings (SSSR count). The van der Waals surface area contributed by atoms with E-state index in [0.29, 0.717) is 19.4 Å². The average molecular weight is 368 g/mol. The Kier molecular flexibility index (Phi) is 5.86. The maximum absolute atomic E-state index is 12.5. The third kappa shape index (κ3) is 4.34. The van der Waals surface area contributed by atoms with Gasteiger partial charge in [-0.05, 0) is 42.5 Å². The number of aliphatic hydroxyl groups is 1. The van der Waals surface area contributed by atoms with Crippen molar-refractivity contribution in [3.8, 4) is 0 Å². The normalized spacial score (nSPS) is 22.4. The van der Waals surface area contributed by atoms with Crippen LogP contribution in [-0.2, 0) is 22.4 Å². The topological polar surface area (TPSA) is 90.7 Å². The number of β-amino-alcohol motifs (C(OH)–C–C–N with tert-alkyl or cyclic N) is 1. The molecular formula is C21H24N2O4. The molecule has 142 valence electrons. The SMILES string of the molecule is O=C(CCc1ccncc1)N1CC[C@](Cc2ccccc2)(C(=O)O)[C@H](O)C1. The number of benzene rings is 1. The second kappa shape index (κ2) is 8.31.